The zero-order valence-electron chi connectivity index (χ0n) is 32.6. The van der Waals surface area contributed by atoms with Crippen LogP contribution in [0, 0.1) is 17.8 Å². The molecule has 3 unspecified atom stereocenters. The Morgan fingerprint density at radius 2 is 1.78 bits per heavy atom. The summed E-state index contributed by atoms with van der Waals surface area (Å²) in [6.07, 6.45) is 8.14. The monoisotopic (exact) mass is 766 g/mol. The molecule has 1 saturated carbocycles. The summed E-state index contributed by atoms with van der Waals surface area (Å²) in [4.78, 5) is 82.7. The van der Waals surface area contributed by atoms with Crippen LogP contribution < -0.4 is 32.0 Å². The van der Waals surface area contributed by atoms with Crippen molar-refractivity contribution in [2.45, 2.75) is 95.9 Å². The van der Waals surface area contributed by atoms with Crippen molar-refractivity contribution in [3.63, 3.8) is 0 Å². The molecule has 1 aromatic carbocycles. The first-order valence-electron chi connectivity index (χ1n) is 19.8. The second-order valence-corrected chi connectivity index (χ2v) is 15.5. The van der Waals surface area contributed by atoms with Gasteiger partial charge in [0.05, 0.1) is 19.1 Å². The van der Waals surface area contributed by atoms with Gasteiger partial charge in [-0.2, -0.15) is 0 Å². The van der Waals surface area contributed by atoms with Crippen LogP contribution in [0.3, 0.4) is 0 Å². The number of anilines is 1. The van der Waals surface area contributed by atoms with Crippen LogP contribution in [0.5, 0.6) is 0 Å². The molecule has 6 bridgehead atoms. The molecule has 16 nitrogen and oxygen atoms in total. The number of hydrogen-bond acceptors (Lipinski definition) is 9. The van der Waals surface area contributed by atoms with Gasteiger partial charge in [0.25, 0.3) is 0 Å². The van der Waals surface area contributed by atoms with E-state index in [9.17, 15) is 33.9 Å². The number of benzene rings is 1. The predicted octanol–water partition coefficient (Wildman–Crippen LogP) is -0.609. The van der Waals surface area contributed by atoms with Crippen LogP contribution in [0.2, 0.25) is 0 Å². The summed E-state index contributed by atoms with van der Waals surface area (Å²) in [5, 5.41) is 26.3. The van der Waals surface area contributed by atoms with Gasteiger partial charge in [0.1, 0.15) is 24.2 Å². The third-order valence-corrected chi connectivity index (χ3v) is 11.7. The highest BCUT2D eigenvalue weighted by Gasteiger charge is 2.45. The molecule has 2 fully saturated rings. The first-order chi connectivity index (χ1) is 26.4. The van der Waals surface area contributed by atoms with Crippen molar-refractivity contribution >= 4 is 41.2 Å². The number of quaternary nitrogens is 1. The van der Waals surface area contributed by atoms with Gasteiger partial charge in [-0.25, -0.2) is 10.4 Å². The van der Waals surface area contributed by atoms with Crippen molar-refractivity contribution in [2.75, 3.05) is 51.6 Å². The summed E-state index contributed by atoms with van der Waals surface area (Å²) >= 11 is 0. The second kappa shape index (κ2) is 19.4. The molecule has 8 N–H and O–H groups in total. The molecule has 302 valence electrons. The Kier molecular flexibility index (Phi) is 14.6. The number of carboxylic acid groups (broad SMARTS) is 1. The average Bonchev–Trinajstić information content (AvgIpc) is 3.65. The van der Waals surface area contributed by atoms with Crippen LogP contribution in [0.1, 0.15) is 64.9 Å². The van der Waals surface area contributed by atoms with Crippen molar-refractivity contribution in [2.24, 2.45) is 17.8 Å². The van der Waals surface area contributed by atoms with Crippen molar-refractivity contribution in [1.29, 1.82) is 0 Å². The molecule has 0 aromatic heterocycles. The predicted molar refractivity (Wildman–Crippen MR) is 205 cm³/mol. The Labute approximate surface area is 323 Å². The molecular formula is C39H60N9O7+. The normalized spacial score (nSPS) is 28.5. The molecule has 6 aliphatic rings. The van der Waals surface area contributed by atoms with Gasteiger partial charge in [0.2, 0.25) is 29.5 Å². The first-order valence-corrected chi connectivity index (χ1v) is 19.8. The maximum absolute atomic E-state index is 14.2. The number of nitrogens with one attached hydrogen (secondary N) is 5. The molecule has 1 aliphatic carbocycles. The number of nitrogens with two attached hydrogens (primary N) is 1. The summed E-state index contributed by atoms with van der Waals surface area (Å²) in [5.74, 6) is -2.04. The summed E-state index contributed by atoms with van der Waals surface area (Å²) in [6.45, 7) is 7.20. The summed E-state index contributed by atoms with van der Waals surface area (Å²) < 4.78 is 0. The summed E-state index contributed by atoms with van der Waals surface area (Å²) in [5.41, 5.74) is 3.61. The molecular weight excluding hydrogens is 706 g/mol. The van der Waals surface area contributed by atoms with Crippen LogP contribution in [0.4, 0.5) is 5.69 Å². The van der Waals surface area contributed by atoms with E-state index >= 15 is 0 Å². The number of fused-ring (bicyclic) bond motifs is 1. The lowest BCUT2D eigenvalue weighted by Gasteiger charge is -2.45. The number of nitrogens with zero attached hydrogens (tertiary/aromatic N) is 3. The van der Waals surface area contributed by atoms with Crippen molar-refractivity contribution in [3.8, 4) is 0 Å². The van der Waals surface area contributed by atoms with E-state index in [1.807, 2.05) is 32.2 Å². The number of aliphatic carboxylic acids is 1. The fourth-order valence-corrected chi connectivity index (χ4v) is 7.99. The molecule has 5 amide bonds. The van der Waals surface area contributed by atoms with E-state index in [-0.39, 0.29) is 43.1 Å². The van der Waals surface area contributed by atoms with Crippen LogP contribution in [-0.4, -0.2) is 132 Å². The van der Waals surface area contributed by atoms with Gasteiger partial charge in [0.15, 0.2) is 0 Å². The first kappa shape index (κ1) is 41.6. The third kappa shape index (κ3) is 11.0. The Hall–Kier alpha value is -4.54. The van der Waals surface area contributed by atoms with E-state index in [4.69, 9.17) is 0 Å². The standard InChI is InChI=1S/C39H59N9O7/c1-5-24(2)35-38(54)41-15-18-46(23-34(50)51)19-20-47-17-14-29-27(22-30(29)45-47)10-13-33(49)42-28-11-8-26(9-12-28)21-31(43-36(52)25(3)40-4)39(55)48-16-6-7-32(48)37(53)44-35/h8-9,11-12,14,17,24-25,27,29-32,35,40,45H,5-7,10,13,15-16,18-23H2,1-4H3,(H,41,54)(H,42,49)(H,43,52)(H,44,53)(H,50,51)/p+1/t24-,25-,27?,29?,30?,31-,32+,35-/m0/s1. The highest BCUT2D eigenvalue weighted by atomic mass is 16.4. The zero-order chi connectivity index (χ0) is 39.6. The number of likely N-dealkylation sites (N-methyl/N-ethyl adjacent to an activating group) is 1. The van der Waals surface area contributed by atoms with E-state index in [1.54, 1.807) is 31.0 Å². The molecule has 0 spiro atoms. The van der Waals surface area contributed by atoms with E-state index in [1.165, 1.54) is 4.90 Å². The topological polar surface area (TPSA) is 209 Å². The Bertz CT molecular complexity index is 1570. The van der Waals surface area contributed by atoms with Gasteiger partial charge in [-0.05, 0) is 62.8 Å². The van der Waals surface area contributed by atoms with E-state index < -0.39 is 42.0 Å². The second-order valence-electron chi connectivity index (χ2n) is 15.5. The fraction of sp³-hybridized carbons (Fsp3) is 0.641. The number of carbonyl (C=O) groups excluding carboxylic acids is 5. The smallest absolute Gasteiger partial charge is 0.317 e. The molecule has 1 saturated heterocycles. The molecule has 8 atom stereocenters. The van der Waals surface area contributed by atoms with Crippen LogP contribution >= 0.6 is 0 Å². The van der Waals surface area contributed by atoms with Crippen LogP contribution in [0.15, 0.2) is 36.5 Å². The van der Waals surface area contributed by atoms with Crippen molar-refractivity contribution in [1.82, 2.24) is 36.1 Å². The van der Waals surface area contributed by atoms with Crippen LogP contribution in [-0.2, 0) is 35.2 Å². The molecule has 5 heterocycles. The number of rotatable bonds is 7. The summed E-state index contributed by atoms with van der Waals surface area (Å²) in [6, 6.07) is 4.38. The molecule has 7 rings (SSSR count). The van der Waals surface area contributed by atoms with E-state index in [2.05, 4.69) is 43.1 Å². The maximum Gasteiger partial charge on any atom is 0.317 e. The van der Waals surface area contributed by atoms with E-state index in [0.717, 1.165) is 18.4 Å². The highest BCUT2D eigenvalue weighted by molar-refractivity contribution is 5.95. The van der Waals surface area contributed by atoms with E-state index in [0.29, 0.717) is 75.4 Å². The van der Waals surface area contributed by atoms with Gasteiger partial charge in [-0.3, -0.25) is 33.7 Å². The lowest BCUT2D eigenvalue weighted by Crippen LogP contribution is -3.02. The SMILES string of the molecule is CC[C@H](C)[C@@H]1NC(=O)[C@H]2CCCN2C(=O)[C@@H](NC(=O)[C@H](C)NC)Cc2ccc(cc2)NC(=O)CCC2CC3[NH2+]N(C=CC23)CCN(CC(=O)O)CCNC1=O. The molecule has 5 aliphatic heterocycles. The number of carboxylic acids is 1. The fourth-order valence-electron chi connectivity index (χ4n) is 7.99. The van der Waals surface area contributed by atoms with Gasteiger partial charge in [0, 0.05) is 63.2 Å². The molecule has 0 radical (unpaired) electrons. The number of hydrogen-bond donors (Lipinski definition) is 7. The molecule has 16 heteroatoms. The van der Waals surface area contributed by atoms with Gasteiger partial charge in [-0.1, -0.05) is 38.5 Å². The minimum atomic E-state index is -0.962. The molecule has 1 aromatic rings. The summed E-state index contributed by atoms with van der Waals surface area (Å²) in [7, 11) is 1.66. The zero-order valence-corrected chi connectivity index (χ0v) is 32.6. The quantitative estimate of drug-likeness (QED) is 0.175. The van der Waals surface area contributed by atoms with Gasteiger partial charge < -0.3 is 36.6 Å². The van der Waals surface area contributed by atoms with Gasteiger partial charge >= 0.3 is 5.97 Å². The third-order valence-electron chi connectivity index (χ3n) is 11.7. The van der Waals surface area contributed by atoms with Gasteiger partial charge in [-0.15, -0.1) is 0 Å². The lowest BCUT2D eigenvalue weighted by molar-refractivity contribution is -0.835. The molecule has 55 heavy (non-hydrogen) atoms. The van der Waals surface area contributed by atoms with Crippen molar-refractivity contribution < 1.29 is 39.3 Å². The number of amides is 5. The Morgan fingerprint density at radius 1 is 1.02 bits per heavy atom. The number of carbonyl (C=O) groups is 6. The lowest BCUT2D eigenvalue weighted by atomic mass is 9.67. The minimum absolute atomic E-state index is 0.0697. The van der Waals surface area contributed by atoms with Crippen LogP contribution in [0.25, 0.3) is 0 Å². The maximum atomic E-state index is 14.2. The van der Waals surface area contributed by atoms with Crippen molar-refractivity contribution in [3.05, 3.63) is 42.1 Å². The Morgan fingerprint density at radius 3 is 2.47 bits per heavy atom. The average molecular weight is 767 g/mol. The highest BCUT2D eigenvalue weighted by Crippen LogP contribution is 2.38. The Balaban J connectivity index is 1.37. The minimum Gasteiger partial charge on any atom is -0.480 e. The largest absolute Gasteiger partial charge is 0.480 e.